The SMILES string of the molecule is Brc1ccc([C@@]2(CCC3CCOCC3)c3ccccc3-c3nccn32)cc1. The Morgan fingerprint density at radius 3 is 2.67 bits per heavy atom. The van der Waals surface area contributed by atoms with Crippen LogP contribution in [-0.4, -0.2) is 22.8 Å². The highest BCUT2D eigenvalue weighted by molar-refractivity contribution is 9.10. The molecule has 0 amide bonds. The van der Waals surface area contributed by atoms with Gasteiger partial charge in [0.05, 0.1) is 5.54 Å². The normalized spacial score (nSPS) is 21.8. The van der Waals surface area contributed by atoms with Gasteiger partial charge in [-0.25, -0.2) is 4.98 Å². The molecule has 27 heavy (non-hydrogen) atoms. The summed E-state index contributed by atoms with van der Waals surface area (Å²) >= 11 is 3.60. The summed E-state index contributed by atoms with van der Waals surface area (Å²) in [6.07, 6.45) is 8.73. The quantitative estimate of drug-likeness (QED) is 0.544. The van der Waals surface area contributed by atoms with Gasteiger partial charge in [-0.05, 0) is 54.9 Å². The topological polar surface area (TPSA) is 27.1 Å². The number of nitrogens with zero attached hydrogens (tertiary/aromatic N) is 2. The molecular formula is C23H23BrN2O. The molecule has 2 aliphatic rings. The summed E-state index contributed by atoms with van der Waals surface area (Å²) in [6, 6.07) is 17.6. The number of rotatable bonds is 4. The average molecular weight is 423 g/mol. The molecule has 0 spiro atoms. The highest BCUT2D eigenvalue weighted by Crippen LogP contribution is 2.50. The molecule has 1 saturated heterocycles. The van der Waals surface area contributed by atoms with Crippen LogP contribution in [0.1, 0.15) is 36.8 Å². The largest absolute Gasteiger partial charge is 0.381 e. The zero-order valence-electron chi connectivity index (χ0n) is 15.3. The van der Waals surface area contributed by atoms with Gasteiger partial charge in [-0.15, -0.1) is 0 Å². The summed E-state index contributed by atoms with van der Waals surface area (Å²) in [5.74, 6) is 1.83. The predicted molar refractivity (Wildman–Crippen MR) is 111 cm³/mol. The number of aromatic nitrogens is 2. The molecule has 0 N–H and O–H groups in total. The fourth-order valence-corrected chi connectivity index (χ4v) is 5.11. The van der Waals surface area contributed by atoms with Crippen molar-refractivity contribution in [3.8, 4) is 11.4 Å². The van der Waals surface area contributed by atoms with Crippen LogP contribution in [0.15, 0.2) is 65.4 Å². The van der Waals surface area contributed by atoms with Crippen LogP contribution in [-0.2, 0) is 10.3 Å². The second-order valence-electron chi connectivity index (χ2n) is 7.63. The first-order valence-corrected chi connectivity index (χ1v) is 10.6. The van der Waals surface area contributed by atoms with Crippen LogP contribution in [0.3, 0.4) is 0 Å². The highest BCUT2D eigenvalue weighted by atomic mass is 79.9. The molecule has 1 fully saturated rings. The van der Waals surface area contributed by atoms with Crippen molar-refractivity contribution in [1.82, 2.24) is 9.55 Å². The zero-order chi connectivity index (χ0) is 18.3. The van der Waals surface area contributed by atoms with Gasteiger partial charge in [-0.3, -0.25) is 0 Å². The fourth-order valence-electron chi connectivity index (χ4n) is 4.85. The van der Waals surface area contributed by atoms with Crippen molar-refractivity contribution in [3.63, 3.8) is 0 Å². The Morgan fingerprint density at radius 1 is 1.07 bits per heavy atom. The van der Waals surface area contributed by atoms with Gasteiger partial charge in [0.15, 0.2) is 0 Å². The van der Waals surface area contributed by atoms with E-state index < -0.39 is 0 Å². The summed E-state index contributed by atoms with van der Waals surface area (Å²) < 4.78 is 9.09. The van der Waals surface area contributed by atoms with E-state index in [0.29, 0.717) is 0 Å². The zero-order valence-corrected chi connectivity index (χ0v) is 16.9. The van der Waals surface area contributed by atoms with Gasteiger partial charge in [0.25, 0.3) is 0 Å². The van der Waals surface area contributed by atoms with Gasteiger partial charge in [-0.2, -0.15) is 0 Å². The monoisotopic (exact) mass is 422 g/mol. The van der Waals surface area contributed by atoms with Crippen LogP contribution in [0.25, 0.3) is 11.4 Å². The second-order valence-corrected chi connectivity index (χ2v) is 8.54. The Kier molecular flexibility index (Phi) is 4.41. The van der Waals surface area contributed by atoms with E-state index in [1.54, 1.807) is 0 Å². The number of ether oxygens (including phenoxy) is 1. The van der Waals surface area contributed by atoms with Crippen LogP contribution in [0, 0.1) is 5.92 Å². The molecule has 3 heterocycles. The molecule has 0 bridgehead atoms. The Bertz CT molecular complexity index is 943. The van der Waals surface area contributed by atoms with E-state index in [1.807, 2.05) is 6.20 Å². The minimum atomic E-state index is -0.179. The maximum absolute atomic E-state index is 5.57. The van der Waals surface area contributed by atoms with Crippen LogP contribution in [0.4, 0.5) is 0 Å². The van der Waals surface area contributed by atoms with E-state index in [0.717, 1.165) is 35.8 Å². The first kappa shape index (κ1) is 17.2. The third-order valence-electron chi connectivity index (χ3n) is 6.24. The van der Waals surface area contributed by atoms with E-state index >= 15 is 0 Å². The Morgan fingerprint density at radius 2 is 1.85 bits per heavy atom. The predicted octanol–water partition coefficient (Wildman–Crippen LogP) is 5.62. The van der Waals surface area contributed by atoms with Crippen molar-refractivity contribution in [2.75, 3.05) is 13.2 Å². The molecule has 5 rings (SSSR count). The molecule has 3 aromatic rings. The lowest BCUT2D eigenvalue weighted by Gasteiger charge is -2.35. The number of fused-ring (bicyclic) bond motifs is 3. The van der Waals surface area contributed by atoms with Gasteiger partial charge in [0.2, 0.25) is 0 Å². The van der Waals surface area contributed by atoms with Crippen LogP contribution < -0.4 is 0 Å². The lowest BCUT2D eigenvalue weighted by atomic mass is 9.77. The standard InChI is InChI=1S/C23H23BrN2O/c24-19-7-5-18(6-8-19)23(12-9-17-10-15-27-16-11-17)21-4-2-1-3-20(21)22-25-13-14-26(22)23/h1-8,13-14,17H,9-12,15-16H2/t23-/m0/s1. The maximum Gasteiger partial charge on any atom is 0.141 e. The number of halogens is 1. The first-order valence-electron chi connectivity index (χ1n) is 9.76. The van der Waals surface area contributed by atoms with Crippen LogP contribution in [0.2, 0.25) is 0 Å². The van der Waals surface area contributed by atoms with E-state index in [2.05, 4.69) is 75.2 Å². The number of hydrogen-bond acceptors (Lipinski definition) is 2. The molecule has 0 aliphatic carbocycles. The van der Waals surface area contributed by atoms with E-state index in [4.69, 9.17) is 9.72 Å². The third-order valence-corrected chi connectivity index (χ3v) is 6.77. The Hall–Kier alpha value is -1.91. The van der Waals surface area contributed by atoms with Crippen molar-refractivity contribution < 1.29 is 4.74 Å². The lowest BCUT2D eigenvalue weighted by molar-refractivity contribution is 0.0613. The summed E-state index contributed by atoms with van der Waals surface area (Å²) in [5.41, 5.74) is 3.79. The number of benzene rings is 2. The molecule has 1 aromatic heterocycles. The van der Waals surface area contributed by atoms with Crippen molar-refractivity contribution >= 4 is 15.9 Å². The number of imidazole rings is 1. The van der Waals surface area contributed by atoms with E-state index in [9.17, 15) is 0 Å². The summed E-state index contributed by atoms with van der Waals surface area (Å²) in [4.78, 5) is 4.70. The van der Waals surface area contributed by atoms with Crippen molar-refractivity contribution in [3.05, 3.63) is 76.5 Å². The summed E-state index contributed by atoms with van der Waals surface area (Å²) in [7, 11) is 0. The van der Waals surface area contributed by atoms with E-state index in [-0.39, 0.29) is 5.54 Å². The third kappa shape index (κ3) is 2.77. The van der Waals surface area contributed by atoms with Gasteiger partial charge < -0.3 is 9.30 Å². The summed E-state index contributed by atoms with van der Waals surface area (Å²) in [6.45, 7) is 1.81. The van der Waals surface area contributed by atoms with Crippen molar-refractivity contribution in [2.24, 2.45) is 5.92 Å². The lowest BCUT2D eigenvalue weighted by Crippen LogP contribution is -2.34. The minimum Gasteiger partial charge on any atom is -0.381 e. The molecule has 2 aromatic carbocycles. The second kappa shape index (κ2) is 6.92. The Balaban J connectivity index is 1.64. The van der Waals surface area contributed by atoms with Crippen LogP contribution in [0.5, 0.6) is 0 Å². The Labute approximate surface area is 168 Å². The van der Waals surface area contributed by atoms with Crippen molar-refractivity contribution in [1.29, 1.82) is 0 Å². The molecule has 2 aliphatic heterocycles. The van der Waals surface area contributed by atoms with E-state index in [1.165, 1.54) is 36.0 Å². The molecule has 1 atom stereocenters. The fraction of sp³-hybridized carbons (Fsp3) is 0.348. The van der Waals surface area contributed by atoms with Crippen LogP contribution >= 0.6 is 15.9 Å². The average Bonchev–Trinajstić information content (AvgIpc) is 3.29. The maximum atomic E-state index is 5.57. The molecule has 138 valence electrons. The highest BCUT2D eigenvalue weighted by Gasteiger charge is 2.44. The molecule has 0 unspecified atom stereocenters. The molecule has 3 nitrogen and oxygen atoms in total. The van der Waals surface area contributed by atoms with Gasteiger partial charge >= 0.3 is 0 Å². The van der Waals surface area contributed by atoms with Gasteiger partial charge in [-0.1, -0.05) is 52.3 Å². The molecule has 0 saturated carbocycles. The first-order chi connectivity index (χ1) is 13.3. The molecular weight excluding hydrogens is 400 g/mol. The van der Waals surface area contributed by atoms with Gasteiger partial charge in [0.1, 0.15) is 5.82 Å². The van der Waals surface area contributed by atoms with Gasteiger partial charge in [0, 0.05) is 35.6 Å². The molecule has 0 radical (unpaired) electrons. The van der Waals surface area contributed by atoms with Crippen molar-refractivity contribution in [2.45, 2.75) is 31.2 Å². The summed E-state index contributed by atoms with van der Waals surface area (Å²) in [5, 5.41) is 0. The smallest absolute Gasteiger partial charge is 0.141 e. The molecule has 4 heteroatoms. The minimum absolute atomic E-state index is 0.179. The number of hydrogen-bond donors (Lipinski definition) is 0.